The molecule has 0 saturated heterocycles. The van der Waals surface area contributed by atoms with Crippen LogP contribution in [-0.2, 0) is 42.7 Å². The summed E-state index contributed by atoms with van der Waals surface area (Å²) in [7, 11) is 0. The maximum absolute atomic E-state index is 11.1. The summed E-state index contributed by atoms with van der Waals surface area (Å²) in [6.45, 7) is 27.4. The van der Waals surface area contributed by atoms with Crippen LogP contribution in [0.15, 0.2) is 152 Å². The quantitative estimate of drug-likeness (QED) is 0.169. The first-order chi connectivity index (χ1) is 31.1. The molecular formula is C62H62N3OPt-. The van der Waals surface area contributed by atoms with E-state index in [1.165, 1.54) is 44.2 Å². The number of hydrogen-bond acceptors (Lipinski definition) is 3. The maximum atomic E-state index is 11.1. The summed E-state index contributed by atoms with van der Waals surface area (Å²) in [6.07, 6.45) is 0. The smallest absolute Gasteiger partial charge is 0.124 e. The third-order valence-electron chi connectivity index (χ3n) is 13.0. The van der Waals surface area contributed by atoms with E-state index in [2.05, 4.69) is 221 Å². The Balaban J connectivity index is 0.00000608. The molecule has 0 atom stereocenters. The van der Waals surface area contributed by atoms with Gasteiger partial charge in [0.05, 0.1) is 22.4 Å². The van der Waals surface area contributed by atoms with Crippen molar-refractivity contribution < 1.29 is 26.2 Å². The van der Waals surface area contributed by atoms with Crippen molar-refractivity contribution in [1.82, 2.24) is 14.5 Å². The SMILES string of the molecule is CC(C)(C)c1cc(-c2cc(-c3[c-]c(-c4cccc(-c5ccc6c7ccccc7n(-c7cc(C(C)(C)C)cc(C(C)(C)C)c7)c6c5)n4)ccc3)nc(-c3ccccc3O)c2)cc(C(C)(C)C)c1.[Pt]. The number of pyridine rings is 2. The standard InChI is InChI=1S/C62H62N3O.Pt/c1-59(2,3)44-30-42(31-45(35-44)60(4,5)6)43-32-54(64-55(33-43)51-22-14-16-26-58(51)66)40-20-17-19-39(29-40)52-23-18-24-53(63-52)41-27-28-50-49-21-13-15-25-56(49)65(57(50)34-41)48-37-46(61(7,8)9)36-47(38-48)62(10,11)12;/h13-28,30-38,66H,1-12H3;/q-1;. The van der Waals surface area contributed by atoms with Crippen LogP contribution in [0.1, 0.15) is 105 Å². The fourth-order valence-corrected chi connectivity index (χ4v) is 8.85. The van der Waals surface area contributed by atoms with Gasteiger partial charge in [0.2, 0.25) is 0 Å². The van der Waals surface area contributed by atoms with Crippen molar-refractivity contribution in [2.75, 3.05) is 0 Å². The Morgan fingerprint density at radius 3 is 1.52 bits per heavy atom. The molecule has 0 spiro atoms. The van der Waals surface area contributed by atoms with E-state index in [9.17, 15) is 5.11 Å². The first kappa shape index (κ1) is 47.4. The summed E-state index contributed by atoms with van der Waals surface area (Å²) in [6, 6.07) is 57.4. The molecule has 0 aliphatic heterocycles. The van der Waals surface area contributed by atoms with Crippen molar-refractivity contribution in [3.8, 4) is 67.6 Å². The first-order valence-electron chi connectivity index (χ1n) is 23.3. The Kier molecular flexibility index (Phi) is 12.4. The normalized spacial score (nSPS) is 12.4. The number of phenols is 1. The number of nitrogens with zero attached hydrogens (tertiary/aromatic N) is 3. The molecule has 4 nitrogen and oxygen atoms in total. The molecule has 0 fully saturated rings. The Morgan fingerprint density at radius 1 is 0.403 bits per heavy atom. The van der Waals surface area contributed by atoms with Crippen LogP contribution in [0.25, 0.3) is 83.6 Å². The van der Waals surface area contributed by atoms with Gasteiger partial charge in [-0.05, 0) is 104 Å². The van der Waals surface area contributed by atoms with Gasteiger partial charge in [-0.2, -0.15) is 0 Å². The molecule has 67 heavy (non-hydrogen) atoms. The first-order valence-corrected chi connectivity index (χ1v) is 23.3. The van der Waals surface area contributed by atoms with Gasteiger partial charge in [-0.1, -0.05) is 179 Å². The molecule has 0 amide bonds. The van der Waals surface area contributed by atoms with Gasteiger partial charge in [-0.3, -0.25) is 9.97 Å². The van der Waals surface area contributed by atoms with E-state index in [-0.39, 0.29) is 48.5 Å². The molecule has 3 heterocycles. The second kappa shape index (κ2) is 17.5. The largest absolute Gasteiger partial charge is 0.507 e. The third kappa shape index (κ3) is 9.57. The van der Waals surface area contributed by atoms with Crippen molar-refractivity contribution in [3.05, 3.63) is 180 Å². The van der Waals surface area contributed by atoms with Crippen LogP contribution in [0.2, 0.25) is 0 Å². The summed E-state index contributed by atoms with van der Waals surface area (Å²) in [5, 5.41) is 13.5. The minimum atomic E-state index is -0.0472. The average molecular weight is 1060 g/mol. The van der Waals surface area contributed by atoms with Crippen molar-refractivity contribution in [3.63, 3.8) is 0 Å². The Hall–Kier alpha value is -6.09. The van der Waals surface area contributed by atoms with Gasteiger partial charge in [0, 0.05) is 60.0 Å². The van der Waals surface area contributed by atoms with Gasteiger partial charge < -0.3 is 9.67 Å². The van der Waals surface area contributed by atoms with Gasteiger partial charge in [0.15, 0.2) is 0 Å². The predicted molar refractivity (Wildman–Crippen MR) is 279 cm³/mol. The molecular weight excluding hydrogens is 998 g/mol. The second-order valence-corrected chi connectivity index (χ2v) is 22.2. The molecule has 9 aromatic rings. The Labute approximate surface area is 412 Å². The number of para-hydroxylation sites is 2. The third-order valence-corrected chi connectivity index (χ3v) is 13.0. The monoisotopic (exact) mass is 1060 g/mol. The van der Waals surface area contributed by atoms with Gasteiger partial charge in [-0.25, -0.2) is 0 Å². The summed E-state index contributed by atoms with van der Waals surface area (Å²) in [5.41, 5.74) is 17.3. The Morgan fingerprint density at radius 2 is 0.896 bits per heavy atom. The minimum Gasteiger partial charge on any atom is -0.507 e. The van der Waals surface area contributed by atoms with E-state index in [1.54, 1.807) is 6.07 Å². The zero-order valence-electron chi connectivity index (χ0n) is 41.0. The van der Waals surface area contributed by atoms with Gasteiger partial charge in [0.1, 0.15) is 5.75 Å². The fraction of sp³-hybridized carbons (Fsp3) is 0.258. The van der Waals surface area contributed by atoms with Crippen LogP contribution in [0, 0.1) is 6.07 Å². The Bertz CT molecular complexity index is 3240. The van der Waals surface area contributed by atoms with Crippen LogP contribution in [0.4, 0.5) is 0 Å². The van der Waals surface area contributed by atoms with E-state index in [4.69, 9.17) is 9.97 Å². The molecule has 0 unspecified atom stereocenters. The predicted octanol–water partition coefficient (Wildman–Crippen LogP) is 16.6. The van der Waals surface area contributed by atoms with E-state index in [1.807, 2.05) is 18.2 Å². The summed E-state index contributed by atoms with van der Waals surface area (Å²) in [4.78, 5) is 10.5. The summed E-state index contributed by atoms with van der Waals surface area (Å²) in [5.74, 6) is 0.192. The van der Waals surface area contributed by atoms with Crippen LogP contribution < -0.4 is 0 Å². The molecule has 0 bridgehead atoms. The molecule has 0 aliphatic carbocycles. The van der Waals surface area contributed by atoms with Gasteiger partial charge in [0.25, 0.3) is 0 Å². The van der Waals surface area contributed by atoms with Gasteiger partial charge in [-0.15, -0.1) is 24.3 Å². The molecule has 0 saturated carbocycles. The fourth-order valence-electron chi connectivity index (χ4n) is 8.85. The van der Waals surface area contributed by atoms with Crippen LogP contribution in [0.5, 0.6) is 5.75 Å². The molecule has 1 N–H and O–H groups in total. The number of phenolic OH excluding ortho intramolecular Hbond substituents is 1. The number of fused-ring (bicyclic) bond motifs is 3. The van der Waals surface area contributed by atoms with E-state index in [0.29, 0.717) is 11.3 Å². The zero-order chi connectivity index (χ0) is 46.9. The molecule has 3 aromatic heterocycles. The van der Waals surface area contributed by atoms with Crippen LogP contribution in [-0.4, -0.2) is 19.6 Å². The van der Waals surface area contributed by atoms with Crippen molar-refractivity contribution in [2.45, 2.75) is 105 Å². The molecule has 6 aromatic carbocycles. The van der Waals surface area contributed by atoms with Crippen LogP contribution in [0.3, 0.4) is 0 Å². The summed E-state index contributed by atoms with van der Waals surface area (Å²) >= 11 is 0. The van der Waals surface area contributed by atoms with Gasteiger partial charge >= 0.3 is 0 Å². The molecule has 5 heteroatoms. The molecule has 342 valence electrons. The molecule has 9 rings (SSSR count). The number of aromatic hydroxyl groups is 1. The average Bonchev–Trinajstić information content (AvgIpc) is 3.61. The number of hydrogen-bond donors (Lipinski definition) is 1. The summed E-state index contributed by atoms with van der Waals surface area (Å²) < 4.78 is 2.44. The van der Waals surface area contributed by atoms with Crippen LogP contribution >= 0.6 is 0 Å². The molecule has 0 aliphatic rings. The zero-order valence-corrected chi connectivity index (χ0v) is 43.3. The topological polar surface area (TPSA) is 50.9 Å². The van der Waals surface area contributed by atoms with Crippen molar-refractivity contribution in [1.29, 1.82) is 0 Å². The number of aromatic nitrogens is 3. The van der Waals surface area contributed by atoms with E-state index < -0.39 is 0 Å². The van der Waals surface area contributed by atoms with Crippen molar-refractivity contribution >= 4 is 21.8 Å². The van der Waals surface area contributed by atoms with E-state index in [0.717, 1.165) is 50.4 Å². The molecule has 0 radical (unpaired) electrons. The van der Waals surface area contributed by atoms with E-state index >= 15 is 0 Å². The second-order valence-electron chi connectivity index (χ2n) is 22.2. The maximum Gasteiger partial charge on any atom is 0.124 e. The number of rotatable bonds is 6. The number of benzene rings is 6. The van der Waals surface area contributed by atoms with Crippen molar-refractivity contribution in [2.24, 2.45) is 0 Å². The minimum absolute atomic E-state index is 0.